The molecule has 4 N–H and O–H groups in total. The number of aromatic amines is 1. The van der Waals surface area contributed by atoms with Gasteiger partial charge in [-0.2, -0.15) is 5.10 Å². The normalized spacial score (nSPS) is 13.0. The summed E-state index contributed by atoms with van der Waals surface area (Å²) in [5.41, 5.74) is 6.62. The lowest BCUT2D eigenvalue weighted by Gasteiger charge is -2.26. The van der Waals surface area contributed by atoms with Crippen molar-refractivity contribution in [3.63, 3.8) is 0 Å². The van der Waals surface area contributed by atoms with Gasteiger partial charge in [0, 0.05) is 25.0 Å². The second-order valence-corrected chi connectivity index (χ2v) is 5.35. The molecular formula is C15H22ClN5O2. The molecule has 0 bridgehead atoms. The number of carbonyl (C=O) groups excluding carboxylic acids is 2. The molecule has 23 heavy (non-hydrogen) atoms. The molecule has 0 saturated heterocycles. The number of nitrogens with zero attached hydrogens (tertiary/aromatic N) is 2. The van der Waals surface area contributed by atoms with Crippen LogP contribution in [0.3, 0.4) is 0 Å². The second-order valence-electron chi connectivity index (χ2n) is 5.35. The van der Waals surface area contributed by atoms with Crippen LogP contribution < -0.4 is 11.1 Å². The van der Waals surface area contributed by atoms with Gasteiger partial charge in [-0.3, -0.25) is 14.7 Å². The van der Waals surface area contributed by atoms with Gasteiger partial charge in [0.05, 0.1) is 5.52 Å². The highest BCUT2D eigenvalue weighted by atomic mass is 35.5. The number of hydrogen-bond donors (Lipinski definition) is 3. The number of hydrogen-bond acceptors (Lipinski definition) is 4. The number of rotatable bonds is 5. The van der Waals surface area contributed by atoms with Gasteiger partial charge < -0.3 is 16.0 Å². The standard InChI is InChI=1S/C15H21N5O2.ClH/c1-9(8-16)20(3)15(22)10(2)17-14(21)13-11-6-4-5-7-12(11)18-19-13;/h4-7,9-10H,8,16H2,1-3H3,(H,17,21)(H,18,19);1H. The Bertz CT molecular complexity index is 687. The largest absolute Gasteiger partial charge is 0.340 e. The zero-order chi connectivity index (χ0) is 16.3. The van der Waals surface area contributed by atoms with E-state index in [1.807, 2.05) is 31.2 Å². The summed E-state index contributed by atoms with van der Waals surface area (Å²) in [4.78, 5) is 26.1. The monoisotopic (exact) mass is 339 g/mol. The second kappa shape index (κ2) is 7.94. The average molecular weight is 340 g/mol. The summed E-state index contributed by atoms with van der Waals surface area (Å²) in [6.45, 7) is 3.87. The van der Waals surface area contributed by atoms with Crippen LogP contribution in [-0.4, -0.2) is 52.6 Å². The SMILES string of the molecule is CC(NC(=O)c1n[nH]c2ccccc12)C(=O)N(C)C(C)CN.Cl. The number of nitrogens with two attached hydrogens (primary N) is 1. The van der Waals surface area contributed by atoms with E-state index < -0.39 is 6.04 Å². The van der Waals surface area contributed by atoms with Gasteiger partial charge in [-0.15, -0.1) is 12.4 Å². The first-order valence-electron chi connectivity index (χ1n) is 7.16. The smallest absolute Gasteiger partial charge is 0.273 e. The van der Waals surface area contributed by atoms with E-state index >= 15 is 0 Å². The van der Waals surface area contributed by atoms with Crippen LogP contribution in [0, 0.1) is 0 Å². The number of halogens is 1. The molecule has 2 atom stereocenters. The van der Waals surface area contributed by atoms with E-state index in [9.17, 15) is 9.59 Å². The van der Waals surface area contributed by atoms with E-state index in [0.717, 1.165) is 10.9 Å². The number of fused-ring (bicyclic) bond motifs is 1. The summed E-state index contributed by atoms with van der Waals surface area (Å²) in [7, 11) is 1.67. The zero-order valence-electron chi connectivity index (χ0n) is 13.4. The Labute approximate surface area is 141 Å². The molecule has 1 heterocycles. The van der Waals surface area contributed by atoms with Gasteiger partial charge in [0.25, 0.3) is 5.91 Å². The maximum absolute atomic E-state index is 12.3. The van der Waals surface area contributed by atoms with E-state index in [4.69, 9.17) is 5.73 Å². The van der Waals surface area contributed by atoms with Crippen molar-refractivity contribution in [2.45, 2.75) is 25.9 Å². The van der Waals surface area contributed by atoms with Crippen molar-refractivity contribution in [1.82, 2.24) is 20.4 Å². The number of amides is 2. The third-order valence-electron chi connectivity index (χ3n) is 3.75. The zero-order valence-corrected chi connectivity index (χ0v) is 14.2. The Hall–Kier alpha value is -2.12. The lowest BCUT2D eigenvalue weighted by molar-refractivity contribution is -0.133. The number of aromatic nitrogens is 2. The predicted octanol–water partition coefficient (Wildman–Crippen LogP) is 0.909. The molecule has 2 unspecified atom stereocenters. The molecule has 0 aliphatic heterocycles. The molecule has 1 aromatic carbocycles. The lowest BCUT2D eigenvalue weighted by atomic mass is 10.2. The Balaban J connectivity index is 0.00000264. The van der Waals surface area contributed by atoms with Crippen molar-refractivity contribution in [2.24, 2.45) is 5.73 Å². The summed E-state index contributed by atoms with van der Waals surface area (Å²) < 4.78 is 0. The molecule has 0 radical (unpaired) electrons. The van der Waals surface area contributed by atoms with E-state index in [2.05, 4.69) is 15.5 Å². The first kappa shape index (κ1) is 18.9. The number of H-pyrrole nitrogens is 1. The first-order chi connectivity index (χ1) is 10.5. The van der Waals surface area contributed by atoms with Crippen LogP contribution in [0.4, 0.5) is 0 Å². The van der Waals surface area contributed by atoms with E-state index in [-0.39, 0.29) is 36.0 Å². The van der Waals surface area contributed by atoms with Gasteiger partial charge in [0.2, 0.25) is 5.91 Å². The van der Waals surface area contributed by atoms with Gasteiger partial charge in [0.1, 0.15) is 6.04 Å². The number of nitrogens with one attached hydrogen (secondary N) is 2. The van der Waals surface area contributed by atoms with E-state index in [0.29, 0.717) is 6.54 Å². The van der Waals surface area contributed by atoms with E-state index in [1.165, 1.54) is 4.90 Å². The Morgan fingerprint density at radius 1 is 1.35 bits per heavy atom. The molecule has 0 aliphatic carbocycles. The van der Waals surface area contributed by atoms with E-state index in [1.54, 1.807) is 14.0 Å². The van der Waals surface area contributed by atoms with Crippen molar-refractivity contribution in [3.05, 3.63) is 30.0 Å². The Kier molecular flexibility index (Phi) is 6.53. The summed E-state index contributed by atoms with van der Waals surface area (Å²) >= 11 is 0. The topological polar surface area (TPSA) is 104 Å². The van der Waals surface area contributed by atoms with Gasteiger partial charge in [-0.25, -0.2) is 0 Å². The van der Waals surface area contributed by atoms with Crippen molar-refractivity contribution < 1.29 is 9.59 Å². The van der Waals surface area contributed by atoms with Gasteiger partial charge in [-0.05, 0) is 19.9 Å². The molecule has 0 aliphatic rings. The number of likely N-dealkylation sites (N-methyl/N-ethyl adjacent to an activating group) is 1. The number of carbonyl (C=O) groups is 2. The maximum atomic E-state index is 12.3. The van der Waals surface area contributed by atoms with Crippen LogP contribution in [0.25, 0.3) is 10.9 Å². The van der Waals surface area contributed by atoms with Crippen molar-refractivity contribution in [3.8, 4) is 0 Å². The lowest BCUT2D eigenvalue weighted by Crippen LogP contribution is -2.50. The highest BCUT2D eigenvalue weighted by Gasteiger charge is 2.24. The molecule has 2 amide bonds. The molecule has 7 nitrogen and oxygen atoms in total. The van der Waals surface area contributed by atoms with Crippen LogP contribution in [0.5, 0.6) is 0 Å². The van der Waals surface area contributed by atoms with Gasteiger partial charge >= 0.3 is 0 Å². The summed E-state index contributed by atoms with van der Waals surface area (Å²) in [6.07, 6.45) is 0. The maximum Gasteiger partial charge on any atom is 0.273 e. The molecule has 2 rings (SSSR count). The quantitative estimate of drug-likeness (QED) is 0.753. The average Bonchev–Trinajstić information content (AvgIpc) is 2.96. The molecular weight excluding hydrogens is 318 g/mol. The highest BCUT2D eigenvalue weighted by molar-refractivity contribution is 6.05. The van der Waals surface area contributed by atoms with Crippen molar-refractivity contribution in [2.75, 3.05) is 13.6 Å². The molecule has 0 saturated carbocycles. The fraction of sp³-hybridized carbons (Fsp3) is 0.400. The minimum atomic E-state index is -0.651. The van der Waals surface area contributed by atoms with Gasteiger partial charge in [0.15, 0.2) is 5.69 Å². The number of para-hydroxylation sites is 1. The minimum Gasteiger partial charge on any atom is -0.340 e. The fourth-order valence-corrected chi connectivity index (χ4v) is 2.14. The number of benzene rings is 1. The van der Waals surface area contributed by atoms with Crippen LogP contribution in [0.15, 0.2) is 24.3 Å². The minimum absolute atomic E-state index is 0. The molecule has 8 heteroatoms. The van der Waals surface area contributed by atoms with Crippen LogP contribution in [0.2, 0.25) is 0 Å². The molecule has 2 aromatic rings. The Morgan fingerprint density at radius 3 is 2.65 bits per heavy atom. The van der Waals surface area contributed by atoms with Crippen LogP contribution in [-0.2, 0) is 4.79 Å². The summed E-state index contributed by atoms with van der Waals surface area (Å²) in [6, 6.07) is 6.60. The third kappa shape index (κ3) is 4.00. The Morgan fingerprint density at radius 2 is 2.00 bits per heavy atom. The first-order valence-corrected chi connectivity index (χ1v) is 7.16. The summed E-state index contributed by atoms with van der Waals surface area (Å²) in [5, 5.41) is 10.2. The van der Waals surface area contributed by atoms with Gasteiger partial charge in [-0.1, -0.05) is 18.2 Å². The third-order valence-corrected chi connectivity index (χ3v) is 3.75. The fourth-order valence-electron chi connectivity index (χ4n) is 2.14. The highest BCUT2D eigenvalue weighted by Crippen LogP contribution is 2.15. The van der Waals surface area contributed by atoms with Crippen LogP contribution in [0.1, 0.15) is 24.3 Å². The predicted molar refractivity (Wildman–Crippen MR) is 91.6 cm³/mol. The van der Waals surface area contributed by atoms with Crippen LogP contribution >= 0.6 is 12.4 Å². The van der Waals surface area contributed by atoms with Crippen molar-refractivity contribution in [1.29, 1.82) is 0 Å². The summed E-state index contributed by atoms with van der Waals surface area (Å²) in [5.74, 6) is -0.571. The molecule has 126 valence electrons. The molecule has 0 fully saturated rings. The van der Waals surface area contributed by atoms with Crippen molar-refractivity contribution >= 4 is 35.1 Å². The molecule has 1 aromatic heterocycles. The molecule has 0 spiro atoms.